The molecule has 1 atom stereocenters. The predicted octanol–water partition coefficient (Wildman–Crippen LogP) is 6.31. The van der Waals surface area contributed by atoms with Gasteiger partial charge in [-0.2, -0.15) is 18.2 Å². The van der Waals surface area contributed by atoms with Crippen LogP contribution in [0.4, 0.5) is 19.1 Å². The molecule has 0 bridgehead atoms. The Labute approximate surface area is 245 Å². The fourth-order valence-corrected chi connectivity index (χ4v) is 5.31. The molecular weight excluding hydrogens is 578 g/mol. The number of nitrogens with two attached hydrogens (primary N) is 1. The summed E-state index contributed by atoms with van der Waals surface area (Å²) in [7, 11) is -3.89. The van der Waals surface area contributed by atoms with E-state index in [1.54, 1.807) is 4.57 Å². The van der Waals surface area contributed by atoms with Gasteiger partial charge < -0.3 is 29.2 Å². The summed E-state index contributed by atoms with van der Waals surface area (Å²) < 4.78 is 65.9. The highest BCUT2D eigenvalue weighted by Crippen LogP contribution is 2.41. The predicted molar refractivity (Wildman–Crippen MR) is 155 cm³/mol. The van der Waals surface area contributed by atoms with Crippen molar-refractivity contribution < 1.29 is 36.6 Å². The van der Waals surface area contributed by atoms with Gasteiger partial charge in [0.2, 0.25) is 5.95 Å². The fourth-order valence-electron chi connectivity index (χ4n) is 4.46. The van der Waals surface area contributed by atoms with Crippen molar-refractivity contribution >= 4 is 24.7 Å². The maximum Gasteiger partial charge on any atom is 0.389 e. The molecule has 4 N–H and O–H groups in total. The topological polar surface area (TPSA) is 155 Å². The monoisotopic (exact) mass is 625 g/mol. The molecule has 1 unspecified atom stereocenters. The number of nitrogen functional groups attached to an aromatic ring is 1. The van der Waals surface area contributed by atoms with Crippen LogP contribution >= 0.6 is 7.60 Å². The molecule has 15 heteroatoms. The van der Waals surface area contributed by atoms with E-state index in [4.69, 9.17) is 19.7 Å². The van der Waals surface area contributed by atoms with Gasteiger partial charge in [0, 0.05) is 26.2 Å². The van der Waals surface area contributed by atoms with Crippen LogP contribution in [0.1, 0.15) is 96.3 Å². The highest BCUT2D eigenvalue weighted by molar-refractivity contribution is 7.52. The largest absolute Gasteiger partial charge is 0.389 e. The van der Waals surface area contributed by atoms with Crippen molar-refractivity contribution in [3.63, 3.8) is 0 Å². The number of hydrogen-bond donors (Lipinski definition) is 3. The van der Waals surface area contributed by atoms with E-state index in [0.717, 1.165) is 38.5 Å². The summed E-state index contributed by atoms with van der Waals surface area (Å²) >= 11 is 0. The number of halogens is 3. The van der Waals surface area contributed by atoms with Gasteiger partial charge in [-0.25, -0.2) is 4.98 Å². The van der Waals surface area contributed by atoms with E-state index in [1.807, 2.05) is 0 Å². The molecule has 0 saturated carbocycles. The van der Waals surface area contributed by atoms with Gasteiger partial charge >= 0.3 is 13.8 Å². The number of H-pyrrole nitrogens is 1. The van der Waals surface area contributed by atoms with Crippen LogP contribution in [0.3, 0.4) is 0 Å². The van der Waals surface area contributed by atoms with Gasteiger partial charge in [0.1, 0.15) is 6.35 Å². The second-order valence-corrected chi connectivity index (χ2v) is 12.3. The summed E-state index contributed by atoms with van der Waals surface area (Å²) in [6, 6.07) is 0. The molecule has 2 heterocycles. The number of unbranched alkanes of at least 4 members (excludes halogenated alkanes) is 12. The second-order valence-electron chi connectivity index (χ2n) is 10.5. The lowest BCUT2D eigenvalue weighted by Gasteiger charge is -2.13. The first-order valence-electron chi connectivity index (χ1n) is 15.0. The summed E-state index contributed by atoms with van der Waals surface area (Å²) in [5.41, 5.74) is 5.58. The fraction of sp³-hybridized carbons (Fsp3) is 0.815. The summed E-state index contributed by atoms with van der Waals surface area (Å²) in [4.78, 5) is 32.1. The van der Waals surface area contributed by atoms with Crippen molar-refractivity contribution in [2.75, 3.05) is 38.5 Å². The van der Waals surface area contributed by atoms with Crippen molar-refractivity contribution in [2.24, 2.45) is 0 Å². The molecule has 0 aromatic carbocycles. The first kappa shape index (κ1) is 36.2. The van der Waals surface area contributed by atoms with E-state index >= 15 is 0 Å². The lowest BCUT2D eigenvalue weighted by atomic mass is 10.0. The molecule has 0 spiro atoms. The molecule has 0 aliphatic rings. The Balaban J connectivity index is 1.33. The SMILES string of the molecule is Nc1nc2c(ncn2CCOCP(=O)(O)OCCCOCCCCCCCCCCCCCCCC(F)(F)F)c(=O)[nH]1. The molecule has 0 aliphatic heterocycles. The normalized spacial score (nSPS) is 13.6. The van der Waals surface area contributed by atoms with Crippen LogP contribution in [0, 0.1) is 0 Å². The van der Waals surface area contributed by atoms with Crippen LogP contribution < -0.4 is 11.3 Å². The van der Waals surface area contributed by atoms with Crippen molar-refractivity contribution in [2.45, 2.75) is 109 Å². The number of alkyl halides is 3. The lowest BCUT2D eigenvalue weighted by Crippen LogP contribution is -2.13. The van der Waals surface area contributed by atoms with E-state index in [-0.39, 0.29) is 37.6 Å². The number of hydrogen-bond acceptors (Lipinski definition) is 8. The molecule has 42 heavy (non-hydrogen) atoms. The molecule has 11 nitrogen and oxygen atoms in total. The average molecular weight is 626 g/mol. The Morgan fingerprint density at radius 3 is 2.05 bits per heavy atom. The third-order valence-corrected chi connectivity index (χ3v) is 7.79. The molecule has 0 amide bonds. The Morgan fingerprint density at radius 2 is 1.43 bits per heavy atom. The summed E-state index contributed by atoms with van der Waals surface area (Å²) in [6.45, 7) is 1.55. The van der Waals surface area contributed by atoms with Crippen LogP contribution in [0.25, 0.3) is 11.2 Å². The second kappa shape index (κ2) is 20.1. The maximum absolute atomic E-state index is 12.1. The summed E-state index contributed by atoms with van der Waals surface area (Å²) in [5, 5.41) is 0. The summed E-state index contributed by atoms with van der Waals surface area (Å²) in [5.74, 6) is -0.0264. The standard InChI is InChI=1S/C27H47F3N5O6P/c28-27(29,30)15-12-10-8-6-4-2-1-3-5-7-9-11-13-17-39-18-14-19-41-42(37,38)22-40-20-16-35-21-32-23-24(35)33-26(31)34-25(23)36/h21H,1-20,22H2,(H,37,38)(H3,31,33,34,36). The van der Waals surface area contributed by atoms with E-state index in [1.165, 1.54) is 38.4 Å². The first-order valence-corrected chi connectivity index (χ1v) is 16.7. The number of aromatic amines is 1. The van der Waals surface area contributed by atoms with E-state index in [2.05, 4.69) is 15.0 Å². The Bertz CT molecular complexity index is 1110. The molecule has 2 aromatic rings. The molecule has 0 saturated heterocycles. The minimum atomic E-state index is -4.02. The van der Waals surface area contributed by atoms with Gasteiger partial charge in [0.25, 0.3) is 5.56 Å². The quantitative estimate of drug-likeness (QED) is 0.0851. The number of rotatable bonds is 25. The number of imidazole rings is 1. The average Bonchev–Trinajstić information content (AvgIpc) is 3.32. The van der Waals surface area contributed by atoms with Crippen LogP contribution in [-0.2, 0) is 25.1 Å². The van der Waals surface area contributed by atoms with Gasteiger partial charge in [0.05, 0.1) is 19.5 Å². The molecule has 0 aliphatic carbocycles. The number of ether oxygens (including phenoxy) is 2. The first-order chi connectivity index (χ1) is 20.1. The third-order valence-electron chi connectivity index (χ3n) is 6.70. The number of nitrogens with zero attached hydrogens (tertiary/aromatic N) is 3. The van der Waals surface area contributed by atoms with Gasteiger partial charge in [0.15, 0.2) is 11.2 Å². The molecule has 2 rings (SSSR count). The molecule has 0 radical (unpaired) electrons. The van der Waals surface area contributed by atoms with E-state index in [9.17, 15) is 27.4 Å². The van der Waals surface area contributed by atoms with E-state index < -0.39 is 32.1 Å². The molecule has 2 aromatic heterocycles. The molecule has 0 fully saturated rings. The lowest BCUT2D eigenvalue weighted by molar-refractivity contribution is -0.135. The van der Waals surface area contributed by atoms with E-state index in [0.29, 0.717) is 31.7 Å². The highest BCUT2D eigenvalue weighted by Gasteiger charge is 2.25. The number of nitrogens with one attached hydrogen (secondary N) is 1. The van der Waals surface area contributed by atoms with Crippen molar-refractivity contribution in [1.82, 2.24) is 19.5 Å². The maximum atomic E-state index is 12.1. The Morgan fingerprint density at radius 1 is 0.857 bits per heavy atom. The number of anilines is 1. The smallest absolute Gasteiger partial charge is 0.381 e. The molecule has 242 valence electrons. The number of fused-ring (bicyclic) bond motifs is 1. The zero-order valence-corrected chi connectivity index (χ0v) is 25.3. The van der Waals surface area contributed by atoms with Gasteiger partial charge in [-0.3, -0.25) is 14.3 Å². The minimum absolute atomic E-state index is 0.0264. The van der Waals surface area contributed by atoms with Gasteiger partial charge in [-0.15, -0.1) is 0 Å². The highest BCUT2D eigenvalue weighted by atomic mass is 31.2. The van der Waals surface area contributed by atoms with Crippen LogP contribution in [-0.4, -0.2) is 63.4 Å². The van der Waals surface area contributed by atoms with Crippen molar-refractivity contribution in [1.29, 1.82) is 0 Å². The van der Waals surface area contributed by atoms with Gasteiger partial charge in [-0.1, -0.05) is 70.6 Å². The minimum Gasteiger partial charge on any atom is -0.381 e. The Hall–Kier alpha value is -1.99. The van der Waals surface area contributed by atoms with Gasteiger partial charge in [-0.05, 0) is 19.3 Å². The zero-order valence-electron chi connectivity index (χ0n) is 24.4. The number of aromatic nitrogens is 4. The summed E-state index contributed by atoms with van der Waals surface area (Å²) in [6.07, 6.45) is 10.00. The van der Waals surface area contributed by atoms with Crippen molar-refractivity contribution in [3.05, 3.63) is 16.7 Å². The van der Waals surface area contributed by atoms with Crippen LogP contribution in [0.5, 0.6) is 0 Å². The Kier molecular flexibility index (Phi) is 17.3. The molecular formula is C27H47F3N5O6P. The van der Waals surface area contributed by atoms with Crippen LogP contribution in [0.15, 0.2) is 11.1 Å². The zero-order chi connectivity index (χ0) is 30.7. The third kappa shape index (κ3) is 16.6. The van der Waals surface area contributed by atoms with Crippen LogP contribution in [0.2, 0.25) is 0 Å². The van der Waals surface area contributed by atoms with Crippen molar-refractivity contribution in [3.8, 4) is 0 Å².